The van der Waals surface area contributed by atoms with E-state index in [2.05, 4.69) is 20.3 Å². The molecule has 5 nitrogen and oxygen atoms in total. The van der Waals surface area contributed by atoms with Crippen molar-refractivity contribution in [2.75, 3.05) is 5.32 Å². The molecule has 0 unspecified atom stereocenters. The lowest BCUT2D eigenvalue weighted by Crippen LogP contribution is -2.03. The first kappa shape index (κ1) is 14.3. The summed E-state index contributed by atoms with van der Waals surface area (Å²) in [5.74, 6) is 1.61. The lowest BCUT2D eigenvalue weighted by molar-refractivity contribution is 0.629. The molecular formula is C18H14FN5. The minimum absolute atomic E-state index is 0.310. The zero-order valence-corrected chi connectivity index (χ0v) is 12.9. The Morgan fingerprint density at radius 3 is 2.67 bits per heavy atom. The van der Waals surface area contributed by atoms with Crippen molar-refractivity contribution in [3.63, 3.8) is 0 Å². The standard InChI is InChI=1S/C18H14FN5/c1-12-21-15-8-7-13(19)9-16(15)24(12)18-11-20-10-17(23-18)22-14-5-3-2-4-6-14/h2-11H,1H3,(H,22,23). The summed E-state index contributed by atoms with van der Waals surface area (Å²) in [5, 5.41) is 3.20. The highest BCUT2D eigenvalue weighted by Gasteiger charge is 2.12. The lowest BCUT2D eigenvalue weighted by atomic mass is 10.3. The van der Waals surface area contributed by atoms with Crippen molar-refractivity contribution in [2.45, 2.75) is 6.92 Å². The van der Waals surface area contributed by atoms with Crippen molar-refractivity contribution in [3.05, 3.63) is 72.6 Å². The molecule has 0 fully saturated rings. The van der Waals surface area contributed by atoms with Crippen molar-refractivity contribution < 1.29 is 4.39 Å². The number of para-hydroxylation sites is 1. The van der Waals surface area contributed by atoms with E-state index in [-0.39, 0.29) is 5.82 Å². The topological polar surface area (TPSA) is 55.6 Å². The Morgan fingerprint density at radius 2 is 1.83 bits per heavy atom. The number of imidazole rings is 1. The minimum Gasteiger partial charge on any atom is -0.339 e. The molecule has 0 bridgehead atoms. The lowest BCUT2D eigenvalue weighted by Gasteiger charge is -2.09. The first-order valence-corrected chi connectivity index (χ1v) is 7.50. The summed E-state index contributed by atoms with van der Waals surface area (Å²) in [6, 6.07) is 14.2. The molecule has 24 heavy (non-hydrogen) atoms. The number of aryl methyl sites for hydroxylation is 1. The van der Waals surface area contributed by atoms with Gasteiger partial charge in [-0.25, -0.2) is 14.4 Å². The number of rotatable bonds is 3. The fourth-order valence-electron chi connectivity index (χ4n) is 2.65. The van der Waals surface area contributed by atoms with Gasteiger partial charge in [0, 0.05) is 11.8 Å². The molecular weight excluding hydrogens is 305 g/mol. The summed E-state index contributed by atoms with van der Waals surface area (Å²) in [4.78, 5) is 13.3. The van der Waals surface area contributed by atoms with E-state index in [1.807, 2.05) is 37.3 Å². The van der Waals surface area contributed by atoms with Crippen LogP contribution in [0.25, 0.3) is 16.9 Å². The molecule has 0 saturated carbocycles. The number of anilines is 2. The predicted molar refractivity (Wildman–Crippen MR) is 91.1 cm³/mol. The van der Waals surface area contributed by atoms with Crippen molar-refractivity contribution in [2.24, 2.45) is 0 Å². The summed E-state index contributed by atoms with van der Waals surface area (Å²) < 4.78 is 15.4. The molecule has 0 amide bonds. The van der Waals surface area contributed by atoms with Crippen LogP contribution in [0.15, 0.2) is 60.9 Å². The van der Waals surface area contributed by atoms with Crippen LogP contribution < -0.4 is 5.32 Å². The Balaban J connectivity index is 1.79. The van der Waals surface area contributed by atoms with Gasteiger partial charge in [-0.1, -0.05) is 18.2 Å². The first-order valence-electron chi connectivity index (χ1n) is 7.50. The maximum Gasteiger partial charge on any atom is 0.159 e. The van der Waals surface area contributed by atoms with Crippen LogP contribution in [0.3, 0.4) is 0 Å². The van der Waals surface area contributed by atoms with Gasteiger partial charge in [0.2, 0.25) is 0 Å². The average molecular weight is 319 g/mol. The van der Waals surface area contributed by atoms with Crippen LogP contribution in [-0.2, 0) is 0 Å². The number of aromatic nitrogens is 4. The predicted octanol–water partition coefficient (Wildman–Crippen LogP) is 4.01. The van der Waals surface area contributed by atoms with E-state index in [1.165, 1.54) is 12.1 Å². The van der Waals surface area contributed by atoms with E-state index in [0.717, 1.165) is 17.0 Å². The van der Waals surface area contributed by atoms with Crippen molar-refractivity contribution >= 4 is 22.5 Å². The molecule has 0 radical (unpaired) electrons. The summed E-state index contributed by atoms with van der Waals surface area (Å²) in [7, 11) is 0. The second kappa shape index (κ2) is 5.73. The van der Waals surface area contributed by atoms with Gasteiger partial charge < -0.3 is 5.32 Å². The third-order valence-corrected chi connectivity index (χ3v) is 3.68. The maximum absolute atomic E-state index is 13.6. The van der Waals surface area contributed by atoms with Crippen molar-refractivity contribution in [1.29, 1.82) is 0 Å². The highest BCUT2D eigenvalue weighted by Crippen LogP contribution is 2.22. The summed E-state index contributed by atoms with van der Waals surface area (Å²) >= 11 is 0. The van der Waals surface area contributed by atoms with Gasteiger partial charge >= 0.3 is 0 Å². The monoisotopic (exact) mass is 319 g/mol. The zero-order valence-electron chi connectivity index (χ0n) is 12.9. The maximum atomic E-state index is 13.6. The fraction of sp³-hybridized carbons (Fsp3) is 0.0556. The van der Waals surface area contributed by atoms with Gasteiger partial charge in [-0.2, -0.15) is 0 Å². The van der Waals surface area contributed by atoms with Crippen LogP contribution in [0, 0.1) is 12.7 Å². The van der Waals surface area contributed by atoms with Gasteiger partial charge in [0.15, 0.2) is 11.6 Å². The molecule has 0 saturated heterocycles. The Hall–Kier alpha value is -3.28. The van der Waals surface area contributed by atoms with Crippen LogP contribution in [0.1, 0.15) is 5.82 Å². The summed E-state index contributed by atoms with van der Waals surface area (Å²) in [6.07, 6.45) is 3.28. The van der Waals surface area contributed by atoms with Crippen LogP contribution in [0.5, 0.6) is 0 Å². The third-order valence-electron chi connectivity index (χ3n) is 3.68. The molecule has 6 heteroatoms. The molecule has 0 spiro atoms. The quantitative estimate of drug-likeness (QED) is 0.620. The summed E-state index contributed by atoms with van der Waals surface area (Å²) in [5.41, 5.74) is 2.30. The molecule has 2 aromatic heterocycles. The largest absolute Gasteiger partial charge is 0.339 e. The van der Waals surface area contributed by atoms with E-state index in [4.69, 9.17) is 0 Å². The number of nitrogens with one attached hydrogen (secondary N) is 1. The number of hydrogen-bond donors (Lipinski definition) is 1. The molecule has 118 valence electrons. The second-order valence-corrected chi connectivity index (χ2v) is 5.38. The van der Waals surface area contributed by atoms with Crippen molar-refractivity contribution in [3.8, 4) is 5.82 Å². The van der Waals surface area contributed by atoms with E-state index in [1.54, 1.807) is 23.0 Å². The van der Waals surface area contributed by atoms with Gasteiger partial charge in [-0.05, 0) is 31.2 Å². The molecule has 2 heterocycles. The smallest absolute Gasteiger partial charge is 0.159 e. The second-order valence-electron chi connectivity index (χ2n) is 5.38. The van der Waals surface area contributed by atoms with Crippen LogP contribution >= 0.6 is 0 Å². The Morgan fingerprint density at radius 1 is 1.00 bits per heavy atom. The number of benzene rings is 2. The highest BCUT2D eigenvalue weighted by atomic mass is 19.1. The molecule has 0 atom stereocenters. The Bertz CT molecular complexity index is 1010. The third kappa shape index (κ3) is 2.58. The number of fused-ring (bicyclic) bond motifs is 1. The SMILES string of the molecule is Cc1nc2ccc(F)cc2n1-c1cncc(Nc2ccccc2)n1. The summed E-state index contributed by atoms with van der Waals surface area (Å²) in [6.45, 7) is 1.86. The zero-order chi connectivity index (χ0) is 16.5. The van der Waals surface area contributed by atoms with Gasteiger partial charge in [0.25, 0.3) is 0 Å². The van der Waals surface area contributed by atoms with Gasteiger partial charge in [0.05, 0.1) is 23.4 Å². The number of nitrogens with zero attached hydrogens (tertiary/aromatic N) is 4. The first-order chi connectivity index (χ1) is 11.7. The molecule has 2 aromatic carbocycles. The average Bonchev–Trinajstić information content (AvgIpc) is 2.91. The molecule has 0 aliphatic heterocycles. The molecule has 0 aliphatic carbocycles. The van der Waals surface area contributed by atoms with Crippen LogP contribution in [-0.4, -0.2) is 19.5 Å². The highest BCUT2D eigenvalue weighted by molar-refractivity contribution is 5.78. The molecule has 0 aliphatic rings. The number of hydrogen-bond acceptors (Lipinski definition) is 4. The normalized spacial score (nSPS) is 10.9. The number of halogens is 1. The fourth-order valence-corrected chi connectivity index (χ4v) is 2.65. The van der Waals surface area contributed by atoms with E-state index >= 15 is 0 Å². The molecule has 4 aromatic rings. The van der Waals surface area contributed by atoms with Gasteiger partial charge in [-0.15, -0.1) is 0 Å². The van der Waals surface area contributed by atoms with Crippen LogP contribution in [0.4, 0.5) is 15.9 Å². The van der Waals surface area contributed by atoms with E-state index < -0.39 is 0 Å². The molecule has 4 rings (SSSR count). The van der Waals surface area contributed by atoms with Crippen LogP contribution in [0.2, 0.25) is 0 Å². The Labute approximate surface area is 137 Å². The Kier molecular flexibility index (Phi) is 3.42. The minimum atomic E-state index is -0.310. The van der Waals surface area contributed by atoms with Crippen molar-refractivity contribution in [1.82, 2.24) is 19.5 Å². The van der Waals surface area contributed by atoms with Gasteiger partial charge in [0.1, 0.15) is 11.6 Å². The van der Waals surface area contributed by atoms with E-state index in [9.17, 15) is 4.39 Å². The van der Waals surface area contributed by atoms with Gasteiger partial charge in [-0.3, -0.25) is 9.55 Å². The van der Waals surface area contributed by atoms with E-state index in [0.29, 0.717) is 17.2 Å². The molecule has 1 N–H and O–H groups in total.